The van der Waals surface area contributed by atoms with Gasteiger partial charge in [-0.3, -0.25) is 10.1 Å². The number of nitrogens with zero attached hydrogens (tertiary/aromatic N) is 3. The van der Waals surface area contributed by atoms with Crippen LogP contribution < -0.4 is 5.32 Å². The van der Waals surface area contributed by atoms with Gasteiger partial charge >= 0.3 is 0 Å². The number of anilines is 1. The van der Waals surface area contributed by atoms with Crippen molar-refractivity contribution in [3.63, 3.8) is 0 Å². The molecule has 2 heterocycles. The number of aryl methyl sites for hydroxylation is 1. The minimum absolute atomic E-state index is 0.312. The van der Waals surface area contributed by atoms with Gasteiger partial charge in [-0.05, 0) is 37.6 Å². The molecule has 0 amide bonds. The fourth-order valence-corrected chi connectivity index (χ4v) is 2.88. The van der Waals surface area contributed by atoms with Crippen LogP contribution in [0.3, 0.4) is 0 Å². The summed E-state index contributed by atoms with van der Waals surface area (Å²) in [7, 11) is 0. The molecule has 0 saturated carbocycles. The van der Waals surface area contributed by atoms with Gasteiger partial charge in [-0.1, -0.05) is 18.2 Å². The zero-order valence-electron chi connectivity index (χ0n) is 12.6. The molecule has 2 aromatic rings. The molecule has 110 valence electrons. The number of hydrogen-bond donors (Lipinski definition) is 2. The molecule has 1 unspecified atom stereocenters. The van der Waals surface area contributed by atoms with E-state index >= 15 is 0 Å². The van der Waals surface area contributed by atoms with Crippen molar-refractivity contribution in [1.29, 1.82) is 0 Å². The van der Waals surface area contributed by atoms with Crippen LogP contribution in [0.2, 0.25) is 0 Å². The van der Waals surface area contributed by atoms with Gasteiger partial charge in [0, 0.05) is 22.7 Å². The van der Waals surface area contributed by atoms with Crippen molar-refractivity contribution < 1.29 is 0 Å². The average Bonchev–Trinajstić information content (AvgIpc) is 2.89. The SMILES string of the molecule is CC1=CC=CC2CN=C(Nc3ccc4c(C)[nH]nc4c3)N=C12. The lowest BCUT2D eigenvalue weighted by Gasteiger charge is -2.22. The Morgan fingerprint density at radius 1 is 1.27 bits per heavy atom. The van der Waals surface area contributed by atoms with Crippen LogP contribution in [0.4, 0.5) is 5.69 Å². The quantitative estimate of drug-likeness (QED) is 0.847. The average molecular weight is 291 g/mol. The van der Waals surface area contributed by atoms with E-state index in [-0.39, 0.29) is 0 Å². The lowest BCUT2D eigenvalue weighted by Crippen LogP contribution is -2.27. The maximum atomic E-state index is 4.67. The summed E-state index contributed by atoms with van der Waals surface area (Å²) in [5.41, 5.74) is 5.29. The molecule has 0 fully saturated rings. The summed E-state index contributed by atoms with van der Waals surface area (Å²) >= 11 is 0. The number of fused-ring (bicyclic) bond motifs is 2. The summed E-state index contributed by atoms with van der Waals surface area (Å²) in [6.07, 6.45) is 6.34. The Bertz CT molecular complexity index is 866. The highest BCUT2D eigenvalue weighted by molar-refractivity contribution is 6.13. The molecule has 1 aliphatic carbocycles. The normalized spacial score (nSPS) is 20.3. The van der Waals surface area contributed by atoms with Crippen LogP contribution in [0, 0.1) is 12.8 Å². The molecule has 2 aliphatic rings. The molecule has 0 radical (unpaired) electrons. The number of allylic oxidation sites excluding steroid dienone is 3. The molecule has 5 nitrogen and oxygen atoms in total. The highest BCUT2D eigenvalue weighted by atomic mass is 15.2. The van der Waals surface area contributed by atoms with Crippen molar-refractivity contribution >= 4 is 28.3 Å². The van der Waals surface area contributed by atoms with Gasteiger partial charge in [0.05, 0.1) is 17.8 Å². The second-order valence-corrected chi connectivity index (χ2v) is 5.71. The van der Waals surface area contributed by atoms with Crippen LogP contribution in [0.25, 0.3) is 10.9 Å². The van der Waals surface area contributed by atoms with Crippen LogP contribution in [-0.4, -0.2) is 28.4 Å². The van der Waals surface area contributed by atoms with Crippen molar-refractivity contribution in [2.45, 2.75) is 13.8 Å². The van der Waals surface area contributed by atoms with E-state index in [4.69, 9.17) is 0 Å². The van der Waals surface area contributed by atoms with E-state index in [2.05, 4.69) is 56.7 Å². The zero-order chi connectivity index (χ0) is 15.1. The third-order valence-corrected chi connectivity index (χ3v) is 4.11. The largest absolute Gasteiger partial charge is 0.324 e. The first-order valence-electron chi connectivity index (χ1n) is 7.41. The maximum Gasteiger partial charge on any atom is 0.222 e. The van der Waals surface area contributed by atoms with Gasteiger partial charge in [-0.25, -0.2) is 4.99 Å². The van der Waals surface area contributed by atoms with Gasteiger partial charge in [0.15, 0.2) is 0 Å². The predicted octanol–water partition coefficient (Wildman–Crippen LogP) is 3.23. The molecule has 4 rings (SSSR count). The predicted molar refractivity (Wildman–Crippen MR) is 90.6 cm³/mol. The monoisotopic (exact) mass is 291 g/mol. The topological polar surface area (TPSA) is 65.4 Å². The molecule has 5 heteroatoms. The smallest absolute Gasteiger partial charge is 0.222 e. The number of H-pyrrole nitrogens is 1. The Morgan fingerprint density at radius 3 is 3.09 bits per heavy atom. The number of aromatic amines is 1. The van der Waals surface area contributed by atoms with Gasteiger partial charge in [-0.2, -0.15) is 5.10 Å². The highest BCUT2D eigenvalue weighted by Gasteiger charge is 2.21. The lowest BCUT2D eigenvalue weighted by molar-refractivity contribution is 0.840. The fourth-order valence-electron chi connectivity index (χ4n) is 2.88. The highest BCUT2D eigenvalue weighted by Crippen LogP contribution is 2.22. The summed E-state index contributed by atoms with van der Waals surface area (Å²) in [6, 6.07) is 6.10. The summed E-state index contributed by atoms with van der Waals surface area (Å²) < 4.78 is 0. The second-order valence-electron chi connectivity index (χ2n) is 5.71. The maximum absolute atomic E-state index is 4.67. The Kier molecular flexibility index (Phi) is 2.92. The third-order valence-electron chi connectivity index (χ3n) is 4.11. The van der Waals surface area contributed by atoms with Gasteiger partial charge in [0.25, 0.3) is 0 Å². The van der Waals surface area contributed by atoms with Crippen LogP contribution in [0.1, 0.15) is 12.6 Å². The molecule has 1 aliphatic heterocycles. The molecular weight excluding hydrogens is 274 g/mol. The summed E-state index contributed by atoms with van der Waals surface area (Å²) in [5.74, 6) is 0.980. The van der Waals surface area contributed by atoms with Crippen molar-refractivity contribution in [2.24, 2.45) is 15.9 Å². The molecule has 0 saturated heterocycles. The Hall–Kier alpha value is -2.69. The van der Waals surface area contributed by atoms with E-state index < -0.39 is 0 Å². The molecule has 1 atom stereocenters. The minimum atomic E-state index is 0.312. The van der Waals surface area contributed by atoms with Crippen molar-refractivity contribution in [1.82, 2.24) is 10.2 Å². The van der Waals surface area contributed by atoms with E-state index in [9.17, 15) is 0 Å². The van der Waals surface area contributed by atoms with E-state index in [1.165, 1.54) is 5.57 Å². The van der Waals surface area contributed by atoms with Crippen LogP contribution in [-0.2, 0) is 0 Å². The van der Waals surface area contributed by atoms with Gasteiger partial charge < -0.3 is 5.32 Å². The Morgan fingerprint density at radius 2 is 2.18 bits per heavy atom. The number of guanidine groups is 1. The number of aliphatic imine (C=N–C) groups is 2. The van der Waals surface area contributed by atoms with E-state index in [1.807, 2.05) is 19.1 Å². The minimum Gasteiger partial charge on any atom is -0.324 e. The van der Waals surface area contributed by atoms with Crippen LogP contribution in [0.5, 0.6) is 0 Å². The molecule has 2 N–H and O–H groups in total. The van der Waals surface area contributed by atoms with Crippen LogP contribution in [0.15, 0.2) is 52.0 Å². The second kappa shape index (κ2) is 4.94. The molecule has 1 aromatic carbocycles. The van der Waals surface area contributed by atoms with Gasteiger partial charge in [0.2, 0.25) is 5.96 Å². The molecule has 0 bridgehead atoms. The number of benzene rings is 1. The first kappa shape index (κ1) is 13.0. The summed E-state index contributed by atoms with van der Waals surface area (Å²) in [6.45, 7) is 4.86. The third kappa shape index (κ3) is 2.15. The first-order valence-corrected chi connectivity index (χ1v) is 7.41. The van der Waals surface area contributed by atoms with E-state index in [0.717, 1.165) is 34.5 Å². The summed E-state index contributed by atoms with van der Waals surface area (Å²) in [4.78, 5) is 9.21. The molecule has 1 aromatic heterocycles. The first-order chi connectivity index (χ1) is 10.7. The van der Waals surface area contributed by atoms with Crippen LogP contribution >= 0.6 is 0 Å². The van der Waals surface area contributed by atoms with Crippen molar-refractivity contribution in [3.05, 3.63) is 47.7 Å². The number of nitrogens with one attached hydrogen (secondary N) is 2. The van der Waals surface area contributed by atoms with Gasteiger partial charge in [-0.15, -0.1) is 0 Å². The Labute approximate surface area is 128 Å². The molecular formula is C17H17N5. The lowest BCUT2D eigenvalue weighted by atomic mass is 9.92. The Balaban J connectivity index is 1.61. The standard InChI is InChI=1S/C17H17N5/c1-10-4-3-5-12-9-18-17(20-16(10)12)19-13-6-7-14-11(2)21-22-15(14)8-13/h3-8,12H,9H2,1-2H3,(H,18,19)(H,21,22). The zero-order valence-corrected chi connectivity index (χ0v) is 12.6. The number of aromatic nitrogens is 2. The molecule has 22 heavy (non-hydrogen) atoms. The summed E-state index contributed by atoms with van der Waals surface area (Å²) in [5, 5.41) is 11.7. The number of rotatable bonds is 1. The van der Waals surface area contributed by atoms with Crippen molar-refractivity contribution in [3.8, 4) is 0 Å². The van der Waals surface area contributed by atoms with Crippen molar-refractivity contribution in [2.75, 3.05) is 11.9 Å². The van der Waals surface area contributed by atoms with Gasteiger partial charge in [0.1, 0.15) is 0 Å². The number of hydrogen-bond acceptors (Lipinski definition) is 4. The fraction of sp³-hybridized carbons (Fsp3) is 0.235. The van der Waals surface area contributed by atoms with E-state index in [1.54, 1.807) is 0 Å². The van der Waals surface area contributed by atoms with E-state index in [0.29, 0.717) is 11.9 Å². The molecule has 0 spiro atoms.